The predicted molar refractivity (Wildman–Crippen MR) is 66.2 cm³/mol. The molecule has 16 heavy (non-hydrogen) atoms. The van der Waals surface area contributed by atoms with Crippen LogP contribution in [-0.4, -0.2) is 32.2 Å². The lowest BCUT2D eigenvalue weighted by Crippen LogP contribution is -2.32. The molecule has 0 aromatic rings. The van der Waals surface area contributed by atoms with Crippen molar-refractivity contribution in [2.75, 3.05) is 26.3 Å². The first-order valence-electron chi connectivity index (χ1n) is 6.27. The third-order valence-electron chi connectivity index (χ3n) is 2.48. The Morgan fingerprint density at radius 1 is 1.38 bits per heavy atom. The van der Waals surface area contributed by atoms with Crippen molar-refractivity contribution in [3.05, 3.63) is 0 Å². The van der Waals surface area contributed by atoms with Crippen LogP contribution in [0.2, 0.25) is 0 Å². The van der Waals surface area contributed by atoms with E-state index < -0.39 is 0 Å². The second-order valence-corrected chi connectivity index (χ2v) is 4.09. The molecule has 0 heterocycles. The number of carbonyl (C=O) groups excluding carboxylic acids is 1. The van der Waals surface area contributed by atoms with Crippen molar-refractivity contribution in [3.8, 4) is 0 Å². The van der Waals surface area contributed by atoms with Gasteiger partial charge in [0.2, 0.25) is 5.91 Å². The number of nitrogens with one attached hydrogen (secondary N) is 1. The van der Waals surface area contributed by atoms with Crippen LogP contribution in [0.3, 0.4) is 0 Å². The van der Waals surface area contributed by atoms with Crippen LogP contribution in [0.15, 0.2) is 0 Å². The van der Waals surface area contributed by atoms with Crippen LogP contribution in [0, 0.1) is 5.92 Å². The largest absolute Gasteiger partial charge is 0.380 e. The Hall–Kier alpha value is -0.610. The number of hydrogen-bond donors (Lipinski definition) is 2. The standard InChI is InChI=1S/C12H26N2O2/c1-3-4-9-16-10-8-14-12(15)11(2)6-5-7-13/h11H,3-10,13H2,1-2H3,(H,14,15). The minimum Gasteiger partial charge on any atom is -0.380 e. The predicted octanol–water partition coefficient (Wildman–Crippen LogP) is 1.29. The Bertz CT molecular complexity index is 174. The maximum atomic E-state index is 11.5. The van der Waals surface area contributed by atoms with Crippen LogP contribution < -0.4 is 11.1 Å². The molecule has 1 amide bonds. The van der Waals surface area contributed by atoms with Gasteiger partial charge in [0.1, 0.15) is 0 Å². The monoisotopic (exact) mass is 230 g/mol. The maximum Gasteiger partial charge on any atom is 0.222 e. The third-order valence-corrected chi connectivity index (χ3v) is 2.48. The summed E-state index contributed by atoms with van der Waals surface area (Å²) in [6, 6.07) is 0. The first kappa shape index (κ1) is 15.4. The van der Waals surface area contributed by atoms with Crippen LogP contribution in [0.4, 0.5) is 0 Å². The van der Waals surface area contributed by atoms with Crippen LogP contribution in [0.1, 0.15) is 39.5 Å². The fourth-order valence-corrected chi connectivity index (χ4v) is 1.32. The van der Waals surface area contributed by atoms with E-state index in [-0.39, 0.29) is 11.8 Å². The molecular formula is C12H26N2O2. The molecule has 1 unspecified atom stereocenters. The molecule has 0 aromatic carbocycles. The van der Waals surface area contributed by atoms with Crippen molar-refractivity contribution in [1.82, 2.24) is 5.32 Å². The Labute approximate surface area is 98.9 Å². The van der Waals surface area contributed by atoms with Gasteiger partial charge in [-0.05, 0) is 25.8 Å². The van der Waals surface area contributed by atoms with E-state index in [2.05, 4.69) is 12.2 Å². The quantitative estimate of drug-likeness (QED) is 0.556. The van der Waals surface area contributed by atoms with Gasteiger partial charge in [-0.15, -0.1) is 0 Å². The molecule has 0 fully saturated rings. The Morgan fingerprint density at radius 3 is 2.75 bits per heavy atom. The average molecular weight is 230 g/mol. The van der Waals surface area contributed by atoms with E-state index in [1.807, 2.05) is 6.92 Å². The van der Waals surface area contributed by atoms with Crippen molar-refractivity contribution >= 4 is 5.91 Å². The van der Waals surface area contributed by atoms with Gasteiger partial charge in [-0.3, -0.25) is 4.79 Å². The van der Waals surface area contributed by atoms with E-state index in [1.54, 1.807) is 0 Å². The van der Waals surface area contributed by atoms with E-state index in [1.165, 1.54) is 0 Å². The van der Waals surface area contributed by atoms with Gasteiger partial charge in [0.25, 0.3) is 0 Å². The summed E-state index contributed by atoms with van der Waals surface area (Å²) in [6.45, 7) is 6.71. The molecule has 0 spiro atoms. The van der Waals surface area contributed by atoms with Gasteiger partial charge >= 0.3 is 0 Å². The van der Waals surface area contributed by atoms with Crippen LogP contribution in [-0.2, 0) is 9.53 Å². The Kier molecular flexibility index (Phi) is 10.5. The molecular weight excluding hydrogens is 204 g/mol. The van der Waals surface area contributed by atoms with Crippen LogP contribution in [0.25, 0.3) is 0 Å². The molecule has 0 aromatic heterocycles. The smallest absolute Gasteiger partial charge is 0.222 e. The lowest BCUT2D eigenvalue weighted by atomic mass is 10.1. The average Bonchev–Trinajstić information content (AvgIpc) is 2.30. The van der Waals surface area contributed by atoms with Crippen molar-refractivity contribution < 1.29 is 9.53 Å². The second-order valence-electron chi connectivity index (χ2n) is 4.09. The normalized spacial score (nSPS) is 12.4. The number of hydrogen-bond acceptors (Lipinski definition) is 3. The molecule has 4 nitrogen and oxygen atoms in total. The molecule has 0 aliphatic carbocycles. The molecule has 0 radical (unpaired) electrons. The van der Waals surface area contributed by atoms with Gasteiger partial charge in [0, 0.05) is 19.1 Å². The molecule has 0 aliphatic heterocycles. The van der Waals surface area contributed by atoms with E-state index >= 15 is 0 Å². The summed E-state index contributed by atoms with van der Waals surface area (Å²) in [5.41, 5.74) is 5.39. The minimum absolute atomic E-state index is 0.0548. The van der Waals surface area contributed by atoms with Gasteiger partial charge in [0.15, 0.2) is 0 Å². The van der Waals surface area contributed by atoms with E-state index in [0.717, 1.165) is 32.3 Å². The summed E-state index contributed by atoms with van der Waals surface area (Å²) in [7, 11) is 0. The highest BCUT2D eigenvalue weighted by Gasteiger charge is 2.10. The molecule has 0 rings (SSSR count). The molecule has 0 aliphatic rings. The molecule has 0 saturated heterocycles. The summed E-state index contributed by atoms with van der Waals surface area (Å²) >= 11 is 0. The van der Waals surface area contributed by atoms with Gasteiger partial charge in [-0.1, -0.05) is 20.3 Å². The molecule has 4 heteroatoms. The van der Waals surface area contributed by atoms with Gasteiger partial charge in [0.05, 0.1) is 6.61 Å². The van der Waals surface area contributed by atoms with Crippen molar-refractivity contribution in [2.24, 2.45) is 11.7 Å². The molecule has 0 bridgehead atoms. The van der Waals surface area contributed by atoms with Gasteiger partial charge in [-0.25, -0.2) is 0 Å². The van der Waals surface area contributed by atoms with Crippen molar-refractivity contribution in [3.63, 3.8) is 0 Å². The first-order chi connectivity index (χ1) is 7.72. The highest BCUT2D eigenvalue weighted by Crippen LogP contribution is 2.03. The second kappa shape index (κ2) is 10.9. The van der Waals surface area contributed by atoms with E-state index in [4.69, 9.17) is 10.5 Å². The summed E-state index contributed by atoms with van der Waals surface area (Å²) in [5.74, 6) is 0.159. The highest BCUT2D eigenvalue weighted by molar-refractivity contribution is 5.78. The molecule has 1 atom stereocenters. The van der Waals surface area contributed by atoms with Crippen LogP contribution >= 0.6 is 0 Å². The summed E-state index contributed by atoms with van der Waals surface area (Å²) in [4.78, 5) is 11.5. The molecule has 3 N–H and O–H groups in total. The van der Waals surface area contributed by atoms with Crippen molar-refractivity contribution in [2.45, 2.75) is 39.5 Å². The fraction of sp³-hybridized carbons (Fsp3) is 0.917. The molecule has 96 valence electrons. The Balaban J connectivity index is 3.35. The van der Waals surface area contributed by atoms with Crippen LogP contribution in [0.5, 0.6) is 0 Å². The van der Waals surface area contributed by atoms with Gasteiger partial charge in [-0.2, -0.15) is 0 Å². The zero-order valence-corrected chi connectivity index (χ0v) is 10.6. The third kappa shape index (κ3) is 8.68. The number of carbonyl (C=O) groups is 1. The van der Waals surface area contributed by atoms with Gasteiger partial charge < -0.3 is 15.8 Å². The number of unbranched alkanes of at least 4 members (excludes halogenated alkanes) is 1. The first-order valence-corrected chi connectivity index (χ1v) is 6.27. The lowest BCUT2D eigenvalue weighted by Gasteiger charge is -2.11. The fourth-order valence-electron chi connectivity index (χ4n) is 1.32. The number of ether oxygens (including phenoxy) is 1. The highest BCUT2D eigenvalue weighted by atomic mass is 16.5. The zero-order valence-electron chi connectivity index (χ0n) is 10.6. The molecule has 0 saturated carbocycles. The number of rotatable bonds is 10. The topological polar surface area (TPSA) is 64.3 Å². The Morgan fingerprint density at radius 2 is 2.12 bits per heavy atom. The maximum absolute atomic E-state index is 11.5. The summed E-state index contributed by atoms with van der Waals surface area (Å²) in [6.07, 6.45) is 3.99. The van der Waals surface area contributed by atoms with Crippen molar-refractivity contribution in [1.29, 1.82) is 0 Å². The minimum atomic E-state index is 0.0548. The van der Waals surface area contributed by atoms with E-state index in [9.17, 15) is 4.79 Å². The summed E-state index contributed by atoms with van der Waals surface area (Å²) < 4.78 is 5.35. The number of amides is 1. The zero-order chi connectivity index (χ0) is 12.2. The summed E-state index contributed by atoms with van der Waals surface area (Å²) in [5, 5.41) is 2.86. The SMILES string of the molecule is CCCCOCCNC(=O)C(C)CCCN. The lowest BCUT2D eigenvalue weighted by molar-refractivity contribution is -0.124. The van der Waals surface area contributed by atoms with E-state index in [0.29, 0.717) is 19.7 Å². The number of nitrogens with two attached hydrogens (primary N) is 1.